The van der Waals surface area contributed by atoms with Gasteiger partial charge in [0.15, 0.2) is 10.1 Å². The van der Waals surface area contributed by atoms with Crippen molar-refractivity contribution < 1.29 is 4.74 Å². The van der Waals surface area contributed by atoms with Crippen molar-refractivity contribution in [3.05, 3.63) is 60.2 Å². The largest absolute Gasteiger partial charge is 0.494 e. The Morgan fingerprint density at radius 3 is 2.55 bits per heavy atom. The SMILES string of the molecule is C=Nc1cc(OC)c(N=Nc2sc(N)nc2-c2ccc3ccccc3c2)cc1C. The quantitative estimate of drug-likeness (QED) is 0.301. The van der Waals surface area contributed by atoms with Gasteiger partial charge in [-0.1, -0.05) is 47.7 Å². The molecule has 0 aliphatic carbocycles. The second-order valence-corrected chi connectivity index (χ2v) is 7.45. The molecule has 0 spiro atoms. The monoisotopic (exact) mass is 401 g/mol. The first-order valence-corrected chi connectivity index (χ1v) is 9.73. The van der Waals surface area contributed by atoms with Crippen LogP contribution in [-0.4, -0.2) is 18.8 Å². The number of aliphatic imine (C=N–C) groups is 1. The van der Waals surface area contributed by atoms with Gasteiger partial charge in [-0.25, -0.2) is 4.98 Å². The molecule has 0 atom stereocenters. The third-order valence-corrected chi connectivity index (χ3v) is 5.33. The summed E-state index contributed by atoms with van der Waals surface area (Å²) in [4.78, 5) is 8.47. The highest BCUT2D eigenvalue weighted by atomic mass is 32.1. The van der Waals surface area contributed by atoms with Crippen LogP contribution in [0, 0.1) is 6.92 Å². The van der Waals surface area contributed by atoms with E-state index in [1.165, 1.54) is 16.7 Å². The van der Waals surface area contributed by atoms with Gasteiger partial charge in [0.1, 0.15) is 17.1 Å². The molecule has 7 heteroatoms. The number of aromatic nitrogens is 1. The zero-order chi connectivity index (χ0) is 20.4. The van der Waals surface area contributed by atoms with E-state index in [0.717, 1.165) is 22.2 Å². The fraction of sp³-hybridized carbons (Fsp3) is 0.0909. The maximum Gasteiger partial charge on any atom is 0.182 e. The summed E-state index contributed by atoms with van der Waals surface area (Å²) in [5.74, 6) is 0.575. The molecule has 0 unspecified atom stereocenters. The van der Waals surface area contributed by atoms with Gasteiger partial charge in [-0.05, 0) is 42.1 Å². The van der Waals surface area contributed by atoms with Crippen LogP contribution in [0.3, 0.4) is 0 Å². The van der Waals surface area contributed by atoms with Crippen LogP contribution in [0.25, 0.3) is 22.0 Å². The molecule has 0 radical (unpaired) electrons. The molecule has 0 aliphatic heterocycles. The summed E-state index contributed by atoms with van der Waals surface area (Å²) in [6, 6.07) is 18.0. The number of nitrogen functional groups attached to an aromatic ring is 1. The Morgan fingerprint density at radius 1 is 1.00 bits per heavy atom. The summed E-state index contributed by atoms with van der Waals surface area (Å²) in [6.45, 7) is 5.52. The lowest BCUT2D eigenvalue weighted by atomic mass is 10.1. The Balaban J connectivity index is 1.75. The number of benzene rings is 3. The van der Waals surface area contributed by atoms with E-state index < -0.39 is 0 Å². The van der Waals surface area contributed by atoms with E-state index in [0.29, 0.717) is 27.3 Å². The van der Waals surface area contributed by atoms with Crippen molar-refractivity contribution in [1.82, 2.24) is 4.98 Å². The summed E-state index contributed by atoms with van der Waals surface area (Å²) in [5, 5.41) is 12.2. The number of azo groups is 1. The molecule has 0 saturated carbocycles. The van der Waals surface area contributed by atoms with Crippen molar-refractivity contribution in [2.24, 2.45) is 15.2 Å². The first-order valence-electron chi connectivity index (χ1n) is 8.91. The van der Waals surface area contributed by atoms with E-state index in [-0.39, 0.29) is 0 Å². The molecule has 29 heavy (non-hydrogen) atoms. The molecule has 4 rings (SSSR count). The zero-order valence-electron chi connectivity index (χ0n) is 16.1. The molecule has 0 amide bonds. The third-order valence-electron chi connectivity index (χ3n) is 4.57. The van der Waals surface area contributed by atoms with Crippen LogP contribution in [0.5, 0.6) is 5.75 Å². The van der Waals surface area contributed by atoms with Crippen LogP contribution in [0.2, 0.25) is 0 Å². The molecule has 144 valence electrons. The smallest absolute Gasteiger partial charge is 0.182 e. The fourth-order valence-electron chi connectivity index (χ4n) is 3.09. The van der Waals surface area contributed by atoms with Gasteiger partial charge >= 0.3 is 0 Å². The standard InChI is InChI=1S/C22H19N5OS/c1-13-10-18(19(28-3)12-17(13)24-2)26-27-21-20(25-22(23)29-21)16-9-8-14-6-4-5-7-15(14)11-16/h4-12H,2H2,1,3H3,(H2,23,25). The predicted octanol–water partition coefficient (Wildman–Crippen LogP) is 6.61. The average Bonchev–Trinajstić information content (AvgIpc) is 3.12. The Kier molecular flexibility index (Phi) is 5.05. The molecular weight excluding hydrogens is 382 g/mol. The number of anilines is 1. The van der Waals surface area contributed by atoms with Gasteiger partial charge in [-0.15, -0.1) is 10.2 Å². The van der Waals surface area contributed by atoms with Crippen molar-refractivity contribution in [3.8, 4) is 17.0 Å². The lowest BCUT2D eigenvalue weighted by molar-refractivity contribution is 0.416. The molecule has 1 heterocycles. The summed E-state index contributed by atoms with van der Waals surface area (Å²) in [5.41, 5.74) is 9.93. The fourth-order valence-corrected chi connectivity index (χ4v) is 3.77. The minimum Gasteiger partial charge on any atom is -0.494 e. The van der Waals surface area contributed by atoms with Crippen molar-refractivity contribution in [2.45, 2.75) is 6.92 Å². The highest BCUT2D eigenvalue weighted by Crippen LogP contribution is 2.40. The predicted molar refractivity (Wildman–Crippen MR) is 121 cm³/mol. The molecule has 0 fully saturated rings. The molecule has 0 aliphatic rings. The summed E-state index contributed by atoms with van der Waals surface area (Å²) in [6.07, 6.45) is 0. The van der Waals surface area contributed by atoms with E-state index in [9.17, 15) is 0 Å². The van der Waals surface area contributed by atoms with Gasteiger partial charge in [0.2, 0.25) is 0 Å². The normalized spacial score (nSPS) is 11.2. The van der Waals surface area contributed by atoms with E-state index in [1.807, 2.05) is 31.2 Å². The Labute approximate surface area is 172 Å². The van der Waals surface area contributed by atoms with E-state index >= 15 is 0 Å². The number of hydrogen-bond acceptors (Lipinski definition) is 7. The van der Waals surface area contributed by atoms with Crippen LogP contribution in [0.4, 0.5) is 21.5 Å². The number of methoxy groups -OCH3 is 1. The molecule has 2 N–H and O–H groups in total. The molecule has 4 aromatic rings. The topological polar surface area (TPSA) is 85.2 Å². The second kappa shape index (κ2) is 7.81. The lowest BCUT2D eigenvalue weighted by Gasteiger charge is -2.07. The van der Waals surface area contributed by atoms with Crippen LogP contribution in [-0.2, 0) is 0 Å². The second-order valence-electron chi connectivity index (χ2n) is 6.44. The molecule has 6 nitrogen and oxygen atoms in total. The molecule has 1 aromatic heterocycles. The minimum absolute atomic E-state index is 0.441. The van der Waals surface area contributed by atoms with Crippen LogP contribution >= 0.6 is 11.3 Å². The van der Waals surface area contributed by atoms with Crippen LogP contribution in [0.15, 0.2) is 69.8 Å². The lowest BCUT2D eigenvalue weighted by Crippen LogP contribution is -1.85. The van der Waals surface area contributed by atoms with Crippen molar-refractivity contribution in [2.75, 3.05) is 12.8 Å². The van der Waals surface area contributed by atoms with E-state index in [1.54, 1.807) is 13.2 Å². The number of rotatable bonds is 5. The van der Waals surface area contributed by atoms with Crippen molar-refractivity contribution in [1.29, 1.82) is 0 Å². The molecule has 0 bridgehead atoms. The maximum absolute atomic E-state index is 5.98. The van der Waals surface area contributed by atoms with Gasteiger partial charge in [-0.3, -0.25) is 4.99 Å². The van der Waals surface area contributed by atoms with Gasteiger partial charge < -0.3 is 10.5 Å². The van der Waals surface area contributed by atoms with Gasteiger partial charge in [0.05, 0.1) is 12.8 Å². The number of thiazole rings is 1. The minimum atomic E-state index is 0.441. The van der Waals surface area contributed by atoms with Gasteiger partial charge in [0, 0.05) is 11.6 Å². The molecule has 3 aromatic carbocycles. The Bertz CT molecular complexity index is 1250. The highest BCUT2D eigenvalue weighted by molar-refractivity contribution is 7.19. The molecule has 0 saturated heterocycles. The summed E-state index contributed by atoms with van der Waals surface area (Å²) >= 11 is 1.30. The third kappa shape index (κ3) is 3.72. The van der Waals surface area contributed by atoms with Crippen LogP contribution in [0.1, 0.15) is 5.56 Å². The summed E-state index contributed by atoms with van der Waals surface area (Å²) in [7, 11) is 1.59. The first-order chi connectivity index (χ1) is 14.1. The number of nitrogens with two attached hydrogens (primary N) is 1. The average molecular weight is 401 g/mol. The van der Waals surface area contributed by atoms with E-state index in [2.05, 4.69) is 51.2 Å². The number of nitrogens with zero attached hydrogens (tertiary/aromatic N) is 4. The Morgan fingerprint density at radius 2 is 1.79 bits per heavy atom. The van der Waals surface area contributed by atoms with Crippen molar-refractivity contribution >= 4 is 50.3 Å². The summed E-state index contributed by atoms with van der Waals surface area (Å²) < 4.78 is 5.42. The number of fused-ring (bicyclic) bond motifs is 1. The number of ether oxygens (including phenoxy) is 1. The highest BCUT2D eigenvalue weighted by Gasteiger charge is 2.13. The van der Waals surface area contributed by atoms with Crippen molar-refractivity contribution in [3.63, 3.8) is 0 Å². The Hall–Kier alpha value is -3.58. The van der Waals surface area contributed by atoms with Crippen LogP contribution < -0.4 is 10.5 Å². The van der Waals surface area contributed by atoms with E-state index in [4.69, 9.17) is 10.5 Å². The maximum atomic E-state index is 5.98. The van der Waals surface area contributed by atoms with Gasteiger partial charge in [-0.2, -0.15) is 0 Å². The molecular formula is C22H19N5OS. The first kappa shape index (κ1) is 18.8. The number of aryl methyl sites for hydroxylation is 1. The zero-order valence-corrected chi connectivity index (χ0v) is 16.9. The van der Waals surface area contributed by atoms with Gasteiger partial charge in [0.25, 0.3) is 0 Å². The number of hydrogen-bond donors (Lipinski definition) is 1.